The van der Waals surface area contributed by atoms with Gasteiger partial charge < -0.3 is 14.8 Å². The maximum absolute atomic E-state index is 13.6. The van der Waals surface area contributed by atoms with Crippen LogP contribution in [-0.4, -0.2) is 29.9 Å². The minimum absolute atomic E-state index is 0.175. The average Bonchev–Trinajstić information content (AvgIpc) is 2.35. The van der Waals surface area contributed by atoms with E-state index in [1.165, 1.54) is 25.4 Å². The van der Waals surface area contributed by atoms with Gasteiger partial charge in [-0.15, -0.1) is 0 Å². The normalized spacial score (nSPS) is 23.4. The van der Waals surface area contributed by atoms with E-state index in [0.29, 0.717) is 0 Å². The van der Waals surface area contributed by atoms with Gasteiger partial charge in [-0.05, 0) is 26.0 Å². The number of pyridine rings is 1. The van der Waals surface area contributed by atoms with Gasteiger partial charge in [0.05, 0.1) is 0 Å². The molecular formula is C12H15FN2O3. The highest BCUT2D eigenvalue weighted by molar-refractivity contribution is 5.88. The van der Waals surface area contributed by atoms with Gasteiger partial charge in [0.15, 0.2) is 11.9 Å². The molecule has 0 saturated carbocycles. The third kappa shape index (κ3) is 2.34. The smallest absolute Gasteiger partial charge is 0.252 e. The number of amides is 1. The molecule has 2 atom stereocenters. The fourth-order valence-corrected chi connectivity index (χ4v) is 1.68. The quantitative estimate of drug-likeness (QED) is 0.647. The summed E-state index contributed by atoms with van der Waals surface area (Å²) in [5, 5.41) is 2.57. The van der Waals surface area contributed by atoms with Gasteiger partial charge in [-0.25, -0.2) is 4.39 Å². The fraction of sp³-hybridized carbons (Fsp3) is 0.500. The van der Waals surface area contributed by atoms with Crippen LogP contribution in [0, 0.1) is 5.82 Å². The van der Waals surface area contributed by atoms with Crippen LogP contribution >= 0.6 is 0 Å². The molecule has 18 heavy (non-hydrogen) atoms. The summed E-state index contributed by atoms with van der Waals surface area (Å²) in [6.07, 6.45) is 0.686. The summed E-state index contributed by atoms with van der Waals surface area (Å²) in [6.45, 7) is 3.37. The van der Waals surface area contributed by atoms with Crippen LogP contribution in [0.4, 0.5) is 4.39 Å². The molecule has 0 spiro atoms. The van der Waals surface area contributed by atoms with Gasteiger partial charge in [0.25, 0.3) is 5.91 Å². The molecule has 0 aromatic carbocycles. The number of hydrogen-bond donors (Lipinski definition) is 1. The van der Waals surface area contributed by atoms with Gasteiger partial charge in [-0.2, -0.15) is 0 Å². The molecule has 5 nitrogen and oxygen atoms in total. The van der Waals surface area contributed by atoms with E-state index in [2.05, 4.69) is 10.3 Å². The van der Waals surface area contributed by atoms with Crippen LogP contribution in [-0.2, 0) is 14.3 Å². The number of β-lactam (4-membered cyclic amide) rings is 1. The summed E-state index contributed by atoms with van der Waals surface area (Å²) in [5.74, 6) is -1.67. The maximum atomic E-state index is 13.6. The van der Waals surface area contributed by atoms with E-state index < -0.39 is 23.8 Å². The van der Waals surface area contributed by atoms with Crippen molar-refractivity contribution in [1.82, 2.24) is 10.3 Å². The Kier molecular flexibility index (Phi) is 3.32. The zero-order valence-electron chi connectivity index (χ0n) is 10.4. The highest BCUT2D eigenvalue weighted by Crippen LogP contribution is 2.30. The van der Waals surface area contributed by atoms with Crippen molar-refractivity contribution in [3.63, 3.8) is 0 Å². The van der Waals surface area contributed by atoms with E-state index in [9.17, 15) is 9.18 Å². The van der Waals surface area contributed by atoms with Crippen LogP contribution in [0.25, 0.3) is 0 Å². The minimum Gasteiger partial charge on any atom is -0.354 e. The van der Waals surface area contributed by atoms with Crippen LogP contribution < -0.4 is 5.32 Å². The first-order chi connectivity index (χ1) is 8.44. The van der Waals surface area contributed by atoms with Crippen molar-refractivity contribution in [2.75, 3.05) is 7.11 Å². The number of hydrogen-bond acceptors (Lipinski definition) is 4. The van der Waals surface area contributed by atoms with Gasteiger partial charge in [0, 0.05) is 13.3 Å². The predicted molar refractivity (Wildman–Crippen MR) is 61.0 cm³/mol. The SMILES string of the molecule is COC(C)(C)O[C@H]1C(=O)N[C@H]1c1ncccc1F. The number of aromatic nitrogens is 1. The molecule has 2 heterocycles. The second kappa shape index (κ2) is 4.62. The van der Waals surface area contributed by atoms with E-state index in [1.54, 1.807) is 13.8 Å². The van der Waals surface area contributed by atoms with Gasteiger partial charge >= 0.3 is 0 Å². The van der Waals surface area contributed by atoms with Crippen LogP contribution in [0.3, 0.4) is 0 Å². The van der Waals surface area contributed by atoms with E-state index in [1.807, 2.05) is 0 Å². The second-order valence-corrected chi connectivity index (χ2v) is 4.50. The molecule has 1 fully saturated rings. The fourth-order valence-electron chi connectivity index (χ4n) is 1.68. The Bertz CT molecular complexity index is 464. The molecule has 1 N–H and O–H groups in total. The molecule has 1 aromatic rings. The summed E-state index contributed by atoms with van der Waals surface area (Å²) in [5.41, 5.74) is 0.175. The lowest BCUT2D eigenvalue weighted by molar-refractivity contribution is -0.238. The summed E-state index contributed by atoms with van der Waals surface area (Å²) < 4.78 is 24.2. The standard InChI is InChI=1S/C12H15FN2O3/c1-12(2,17-3)18-10-9(15-11(10)16)8-7(13)5-4-6-14-8/h4-6,9-10H,1-3H3,(H,15,16)/t9-,10+/m0/s1. The van der Waals surface area contributed by atoms with Crippen LogP contribution in [0.15, 0.2) is 18.3 Å². The Balaban J connectivity index is 2.16. The number of carbonyl (C=O) groups excluding carboxylic acids is 1. The molecule has 0 radical (unpaired) electrons. The molecule has 1 aromatic heterocycles. The lowest BCUT2D eigenvalue weighted by Gasteiger charge is -2.40. The van der Waals surface area contributed by atoms with E-state index in [-0.39, 0.29) is 11.6 Å². The molecule has 1 aliphatic heterocycles. The molecule has 6 heteroatoms. The Morgan fingerprint density at radius 3 is 2.78 bits per heavy atom. The molecule has 2 rings (SSSR count). The Labute approximate surface area is 104 Å². The zero-order valence-corrected chi connectivity index (χ0v) is 10.4. The first-order valence-corrected chi connectivity index (χ1v) is 5.58. The van der Waals surface area contributed by atoms with Crippen molar-refractivity contribution in [1.29, 1.82) is 0 Å². The molecule has 0 aliphatic carbocycles. The average molecular weight is 254 g/mol. The molecule has 1 aliphatic rings. The number of halogens is 1. The predicted octanol–water partition coefficient (Wildman–Crippen LogP) is 1.16. The summed E-state index contributed by atoms with van der Waals surface area (Å²) in [4.78, 5) is 15.4. The molecule has 0 bridgehead atoms. The number of carbonyl (C=O) groups is 1. The van der Waals surface area contributed by atoms with E-state index in [4.69, 9.17) is 9.47 Å². The highest BCUT2D eigenvalue weighted by Gasteiger charge is 2.46. The van der Waals surface area contributed by atoms with E-state index in [0.717, 1.165) is 0 Å². The largest absolute Gasteiger partial charge is 0.354 e. The van der Waals surface area contributed by atoms with Crippen molar-refractivity contribution in [3.05, 3.63) is 29.8 Å². The monoisotopic (exact) mass is 254 g/mol. The third-order valence-electron chi connectivity index (χ3n) is 2.84. The topological polar surface area (TPSA) is 60.5 Å². The van der Waals surface area contributed by atoms with Gasteiger partial charge in [0.2, 0.25) is 0 Å². The first-order valence-electron chi connectivity index (χ1n) is 5.58. The van der Waals surface area contributed by atoms with Crippen LogP contribution in [0.5, 0.6) is 0 Å². The zero-order chi connectivity index (χ0) is 13.3. The van der Waals surface area contributed by atoms with Crippen molar-refractivity contribution < 1.29 is 18.7 Å². The third-order valence-corrected chi connectivity index (χ3v) is 2.84. The van der Waals surface area contributed by atoms with Crippen molar-refractivity contribution in [3.8, 4) is 0 Å². The lowest BCUT2D eigenvalue weighted by atomic mass is 9.97. The minimum atomic E-state index is -0.911. The molecule has 0 unspecified atom stereocenters. The van der Waals surface area contributed by atoms with Crippen molar-refractivity contribution >= 4 is 5.91 Å². The Hall–Kier alpha value is -1.53. The number of nitrogens with one attached hydrogen (secondary N) is 1. The Morgan fingerprint density at radius 1 is 1.50 bits per heavy atom. The van der Waals surface area contributed by atoms with Gasteiger partial charge in [0.1, 0.15) is 17.6 Å². The first kappa shape index (κ1) is 12.9. The summed E-state index contributed by atoms with van der Waals surface area (Å²) >= 11 is 0. The van der Waals surface area contributed by atoms with Crippen LogP contribution in [0.2, 0.25) is 0 Å². The van der Waals surface area contributed by atoms with Crippen LogP contribution in [0.1, 0.15) is 25.6 Å². The number of ether oxygens (including phenoxy) is 2. The number of nitrogens with zero attached hydrogens (tertiary/aromatic N) is 1. The number of methoxy groups -OCH3 is 1. The molecule has 1 saturated heterocycles. The highest BCUT2D eigenvalue weighted by atomic mass is 19.1. The number of rotatable bonds is 4. The summed E-state index contributed by atoms with van der Waals surface area (Å²) in [7, 11) is 1.48. The summed E-state index contributed by atoms with van der Waals surface area (Å²) in [6, 6.07) is 2.22. The molecule has 1 amide bonds. The lowest BCUT2D eigenvalue weighted by Crippen LogP contribution is -2.60. The van der Waals surface area contributed by atoms with Gasteiger partial charge in [-0.3, -0.25) is 9.78 Å². The molecule has 98 valence electrons. The van der Waals surface area contributed by atoms with Gasteiger partial charge in [-0.1, -0.05) is 0 Å². The molecular weight excluding hydrogens is 239 g/mol. The van der Waals surface area contributed by atoms with Crippen molar-refractivity contribution in [2.24, 2.45) is 0 Å². The van der Waals surface area contributed by atoms with Crippen molar-refractivity contribution in [2.45, 2.75) is 31.8 Å². The Morgan fingerprint density at radius 2 is 2.22 bits per heavy atom. The maximum Gasteiger partial charge on any atom is 0.252 e. The van der Waals surface area contributed by atoms with E-state index >= 15 is 0 Å². The second-order valence-electron chi connectivity index (χ2n) is 4.50.